The first-order chi connectivity index (χ1) is 13.2. The third-order valence-corrected chi connectivity index (χ3v) is 6.13. The Hall–Kier alpha value is -2.59. The van der Waals surface area contributed by atoms with Crippen molar-refractivity contribution < 1.29 is 4.57 Å². The van der Waals surface area contributed by atoms with Gasteiger partial charge >= 0.3 is 0 Å². The lowest BCUT2D eigenvalue weighted by atomic mass is 10.0. The van der Waals surface area contributed by atoms with Crippen LogP contribution in [-0.4, -0.2) is 42.7 Å². The summed E-state index contributed by atoms with van der Waals surface area (Å²) in [5, 5.41) is 1.36. The summed E-state index contributed by atoms with van der Waals surface area (Å²) in [4.78, 5) is 4.99. The fourth-order valence-corrected chi connectivity index (χ4v) is 4.60. The van der Waals surface area contributed by atoms with Gasteiger partial charge in [-0.05, 0) is 25.3 Å². The van der Waals surface area contributed by atoms with Crippen LogP contribution in [0.15, 0.2) is 48.7 Å². The second kappa shape index (κ2) is 6.54. The number of fused-ring (bicyclic) bond motifs is 2. The average molecular weight is 359 g/mol. The molecule has 0 saturated carbocycles. The van der Waals surface area contributed by atoms with Crippen LogP contribution in [0.3, 0.4) is 0 Å². The van der Waals surface area contributed by atoms with Crippen molar-refractivity contribution in [3.63, 3.8) is 0 Å². The minimum atomic E-state index is 1.08. The second-order valence-electron chi connectivity index (χ2n) is 7.80. The minimum Gasteiger partial charge on any atom is -0.355 e. The molecule has 0 radical (unpaired) electrons. The van der Waals surface area contributed by atoms with Gasteiger partial charge in [0.1, 0.15) is 5.82 Å². The quantitative estimate of drug-likeness (QED) is 0.653. The van der Waals surface area contributed by atoms with E-state index in [1.165, 1.54) is 33.6 Å². The predicted octanol–water partition coefficient (Wildman–Crippen LogP) is 3.16. The maximum absolute atomic E-state index is 2.57. The molecule has 1 aromatic carbocycles. The number of piperazine rings is 1. The number of aryl methyl sites for hydroxylation is 2. The van der Waals surface area contributed by atoms with Gasteiger partial charge in [-0.15, -0.1) is 0 Å². The molecule has 2 aliphatic heterocycles. The van der Waals surface area contributed by atoms with Crippen LogP contribution in [0.5, 0.6) is 0 Å². The van der Waals surface area contributed by atoms with Crippen LogP contribution < -0.4 is 9.47 Å². The van der Waals surface area contributed by atoms with E-state index in [-0.39, 0.29) is 0 Å². The van der Waals surface area contributed by atoms with Crippen LogP contribution in [-0.2, 0) is 13.6 Å². The molecule has 2 aliphatic rings. The Kier molecular flexibility index (Phi) is 4.01. The SMILES string of the molecule is CN1CCN(c2c(/C=C3\CC[n+]4ccccc43)c3ccccc3n2C)CC1. The maximum atomic E-state index is 2.57. The van der Waals surface area contributed by atoms with E-state index in [4.69, 9.17) is 0 Å². The van der Waals surface area contributed by atoms with E-state index < -0.39 is 0 Å². The molecule has 27 heavy (non-hydrogen) atoms. The molecule has 2 aromatic heterocycles. The van der Waals surface area contributed by atoms with Crippen molar-refractivity contribution in [2.45, 2.75) is 13.0 Å². The highest BCUT2D eigenvalue weighted by Crippen LogP contribution is 2.36. The molecular formula is C23H27N4+. The number of nitrogens with zero attached hydrogens (tertiary/aromatic N) is 4. The number of likely N-dealkylation sites (N-methyl/N-ethyl adjacent to an activating group) is 1. The fraction of sp³-hybridized carbons (Fsp3) is 0.348. The van der Waals surface area contributed by atoms with E-state index in [0.29, 0.717) is 0 Å². The predicted molar refractivity (Wildman–Crippen MR) is 112 cm³/mol. The number of aromatic nitrogens is 2. The van der Waals surface area contributed by atoms with Crippen molar-refractivity contribution in [2.24, 2.45) is 7.05 Å². The first kappa shape index (κ1) is 16.6. The Morgan fingerprint density at radius 2 is 1.70 bits per heavy atom. The minimum absolute atomic E-state index is 1.08. The third kappa shape index (κ3) is 2.76. The summed E-state index contributed by atoms with van der Waals surface area (Å²) in [6, 6.07) is 15.3. The van der Waals surface area contributed by atoms with E-state index in [1.807, 2.05) is 0 Å². The third-order valence-electron chi connectivity index (χ3n) is 6.13. The average Bonchev–Trinajstić information content (AvgIpc) is 3.23. The number of hydrogen-bond acceptors (Lipinski definition) is 2. The standard InChI is InChI=1S/C23H27N4/c1-24-13-15-27(16-14-24)23-20(19-7-3-4-9-22(19)25(23)2)17-18-10-12-26-11-6-5-8-21(18)26/h3-9,11,17H,10,12-16H2,1-2H3/q+1. The first-order valence-corrected chi connectivity index (χ1v) is 9.93. The van der Waals surface area contributed by atoms with Gasteiger partial charge < -0.3 is 14.4 Å². The van der Waals surface area contributed by atoms with Crippen molar-refractivity contribution in [3.8, 4) is 0 Å². The van der Waals surface area contributed by atoms with Crippen molar-refractivity contribution in [1.29, 1.82) is 0 Å². The lowest BCUT2D eigenvalue weighted by Crippen LogP contribution is -2.45. The van der Waals surface area contributed by atoms with Crippen LogP contribution in [0.2, 0.25) is 0 Å². The number of allylic oxidation sites excluding steroid dienone is 1. The molecule has 3 aromatic rings. The number of para-hydroxylation sites is 1. The molecule has 1 saturated heterocycles. The van der Waals surface area contributed by atoms with Crippen molar-refractivity contribution >= 4 is 28.4 Å². The molecule has 138 valence electrons. The van der Waals surface area contributed by atoms with Gasteiger partial charge in [0.2, 0.25) is 5.69 Å². The Morgan fingerprint density at radius 3 is 2.56 bits per heavy atom. The summed E-state index contributed by atoms with van der Waals surface area (Å²) >= 11 is 0. The highest BCUT2D eigenvalue weighted by molar-refractivity contribution is 6.00. The van der Waals surface area contributed by atoms with Gasteiger partial charge in [-0.1, -0.05) is 18.2 Å². The molecule has 4 heterocycles. The lowest BCUT2D eigenvalue weighted by molar-refractivity contribution is -0.689. The molecule has 0 bridgehead atoms. The Balaban J connectivity index is 1.67. The van der Waals surface area contributed by atoms with Gasteiger partial charge in [0.15, 0.2) is 12.7 Å². The van der Waals surface area contributed by atoms with Crippen LogP contribution in [0.4, 0.5) is 5.82 Å². The molecule has 5 rings (SSSR count). The Morgan fingerprint density at radius 1 is 0.926 bits per heavy atom. The molecule has 0 atom stereocenters. The molecular weight excluding hydrogens is 332 g/mol. The van der Waals surface area contributed by atoms with Gasteiger partial charge in [-0.2, -0.15) is 4.57 Å². The summed E-state index contributed by atoms with van der Waals surface area (Å²) in [5.41, 5.74) is 5.50. The molecule has 0 unspecified atom stereocenters. The van der Waals surface area contributed by atoms with E-state index in [0.717, 1.165) is 39.1 Å². The van der Waals surface area contributed by atoms with Crippen LogP contribution in [0.1, 0.15) is 17.7 Å². The summed E-state index contributed by atoms with van der Waals surface area (Å²) in [6.45, 7) is 5.49. The molecule has 0 amide bonds. The Labute approximate surface area is 160 Å². The zero-order valence-corrected chi connectivity index (χ0v) is 16.2. The monoisotopic (exact) mass is 359 g/mol. The number of benzene rings is 1. The van der Waals surface area contributed by atoms with Crippen molar-refractivity contribution in [3.05, 3.63) is 59.9 Å². The van der Waals surface area contributed by atoms with E-state index in [9.17, 15) is 0 Å². The molecule has 4 nitrogen and oxygen atoms in total. The summed E-state index contributed by atoms with van der Waals surface area (Å²) in [5.74, 6) is 1.37. The molecule has 0 spiro atoms. The number of rotatable bonds is 2. The highest BCUT2D eigenvalue weighted by Gasteiger charge is 2.26. The molecule has 0 aliphatic carbocycles. The van der Waals surface area contributed by atoms with Gasteiger partial charge in [0.05, 0.1) is 0 Å². The largest absolute Gasteiger partial charge is 0.355 e. The summed E-state index contributed by atoms with van der Waals surface area (Å²) in [6.07, 6.45) is 5.75. The van der Waals surface area contributed by atoms with Gasteiger partial charge in [-0.3, -0.25) is 0 Å². The van der Waals surface area contributed by atoms with Crippen LogP contribution in [0, 0.1) is 0 Å². The van der Waals surface area contributed by atoms with Gasteiger partial charge in [-0.25, -0.2) is 0 Å². The van der Waals surface area contributed by atoms with Crippen LogP contribution in [0.25, 0.3) is 22.6 Å². The topological polar surface area (TPSA) is 15.3 Å². The molecule has 4 heteroatoms. The highest BCUT2D eigenvalue weighted by atomic mass is 15.3. The van der Waals surface area contributed by atoms with E-state index >= 15 is 0 Å². The van der Waals surface area contributed by atoms with E-state index in [2.05, 4.69) is 87.8 Å². The number of anilines is 1. The second-order valence-corrected chi connectivity index (χ2v) is 7.80. The smallest absolute Gasteiger partial charge is 0.208 e. The summed E-state index contributed by atoms with van der Waals surface area (Å²) < 4.78 is 4.76. The van der Waals surface area contributed by atoms with Gasteiger partial charge in [0, 0.05) is 73.8 Å². The van der Waals surface area contributed by atoms with Crippen molar-refractivity contribution in [1.82, 2.24) is 9.47 Å². The fourth-order valence-electron chi connectivity index (χ4n) is 4.60. The normalized spacial score (nSPS) is 19.2. The zero-order valence-electron chi connectivity index (χ0n) is 16.2. The maximum Gasteiger partial charge on any atom is 0.208 e. The molecule has 1 fully saturated rings. The van der Waals surface area contributed by atoms with E-state index in [1.54, 1.807) is 0 Å². The molecule has 0 N–H and O–H groups in total. The zero-order chi connectivity index (χ0) is 18.4. The number of pyridine rings is 1. The Bertz CT molecular complexity index is 1020. The van der Waals surface area contributed by atoms with Crippen molar-refractivity contribution in [2.75, 3.05) is 38.1 Å². The lowest BCUT2D eigenvalue weighted by Gasteiger charge is -2.34. The van der Waals surface area contributed by atoms with Gasteiger partial charge in [0.25, 0.3) is 0 Å². The van der Waals surface area contributed by atoms with Crippen LogP contribution >= 0.6 is 0 Å². The summed E-state index contributed by atoms with van der Waals surface area (Å²) in [7, 11) is 4.43. The first-order valence-electron chi connectivity index (χ1n) is 9.93. The number of hydrogen-bond donors (Lipinski definition) is 0.